The lowest BCUT2D eigenvalue weighted by Crippen LogP contribution is -2.27. The highest BCUT2D eigenvalue weighted by molar-refractivity contribution is 5.75. The Balaban J connectivity index is 2.33. The zero-order valence-corrected chi connectivity index (χ0v) is 7.84. The summed E-state index contributed by atoms with van der Waals surface area (Å²) in [6.45, 7) is 1.30. The lowest BCUT2D eigenvalue weighted by molar-refractivity contribution is -0.118. The molecule has 0 saturated heterocycles. The lowest BCUT2D eigenvalue weighted by Gasteiger charge is -2.20. The second-order valence-electron chi connectivity index (χ2n) is 3.19. The number of nitrogens with zero attached hydrogens (tertiary/aromatic N) is 2. The van der Waals surface area contributed by atoms with Gasteiger partial charge in [0.05, 0.1) is 5.70 Å². The van der Waals surface area contributed by atoms with E-state index in [1.807, 2.05) is 0 Å². The zero-order chi connectivity index (χ0) is 11.0. The van der Waals surface area contributed by atoms with Crippen LogP contribution in [0.3, 0.4) is 0 Å². The first kappa shape index (κ1) is 9.81. The molecule has 0 spiro atoms. The molecule has 0 aliphatic heterocycles. The number of nitrogens with one attached hydrogen (secondary N) is 1. The van der Waals surface area contributed by atoms with Gasteiger partial charge in [0.1, 0.15) is 23.6 Å². The Morgan fingerprint density at radius 3 is 2.80 bits per heavy atom. The molecule has 1 heterocycles. The lowest BCUT2D eigenvalue weighted by atomic mass is 10.00. The summed E-state index contributed by atoms with van der Waals surface area (Å²) in [6, 6.07) is 0. The number of aliphatic hydroxyl groups excluding tert-OH is 2. The third-order valence-electron chi connectivity index (χ3n) is 2.03. The summed E-state index contributed by atoms with van der Waals surface area (Å²) in [5.74, 6) is -0.340. The Morgan fingerprint density at radius 1 is 1.47 bits per heavy atom. The van der Waals surface area contributed by atoms with Crippen molar-refractivity contribution in [3.8, 4) is 0 Å². The smallest absolute Gasteiger partial charge is 0.221 e. The van der Waals surface area contributed by atoms with Gasteiger partial charge in [0.25, 0.3) is 0 Å². The van der Waals surface area contributed by atoms with Gasteiger partial charge in [-0.15, -0.1) is 0 Å². The molecule has 80 valence electrons. The van der Waals surface area contributed by atoms with Crippen molar-refractivity contribution in [1.29, 1.82) is 0 Å². The third-order valence-corrected chi connectivity index (χ3v) is 2.03. The number of fused-ring (bicyclic) bond motifs is 1. The molecule has 15 heavy (non-hydrogen) atoms. The van der Waals surface area contributed by atoms with Gasteiger partial charge >= 0.3 is 0 Å². The SMILES string of the molecule is CC(=O)NC1=C[C@H](O)c2nonc2[C@@H]1O. The van der Waals surface area contributed by atoms with E-state index in [4.69, 9.17) is 0 Å². The van der Waals surface area contributed by atoms with Crippen molar-refractivity contribution in [3.63, 3.8) is 0 Å². The summed E-state index contributed by atoms with van der Waals surface area (Å²) in [7, 11) is 0. The van der Waals surface area contributed by atoms with E-state index in [9.17, 15) is 15.0 Å². The van der Waals surface area contributed by atoms with Crippen LogP contribution in [0.2, 0.25) is 0 Å². The highest BCUT2D eigenvalue weighted by Gasteiger charge is 2.31. The van der Waals surface area contributed by atoms with Crippen LogP contribution in [0, 0.1) is 0 Å². The standard InChI is InChI=1S/C8H9N3O4/c1-3(12)9-4-2-5(13)6-7(8(4)14)11-15-10-6/h2,5,8,13-14H,1H3,(H,9,12)/t5-,8+/m0/s1. The predicted molar refractivity (Wildman–Crippen MR) is 46.1 cm³/mol. The van der Waals surface area contributed by atoms with Gasteiger partial charge in [-0.25, -0.2) is 4.63 Å². The van der Waals surface area contributed by atoms with Crippen molar-refractivity contribution >= 4 is 5.91 Å². The number of rotatable bonds is 1. The highest BCUT2D eigenvalue weighted by Crippen LogP contribution is 2.31. The number of hydrogen-bond donors (Lipinski definition) is 3. The van der Waals surface area contributed by atoms with E-state index < -0.39 is 12.2 Å². The van der Waals surface area contributed by atoms with Crippen LogP contribution in [-0.4, -0.2) is 26.4 Å². The Hall–Kier alpha value is -1.73. The van der Waals surface area contributed by atoms with Gasteiger partial charge < -0.3 is 15.5 Å². The fourth-order valence-electron chi connectivity index (χ4n) is 1.40. The minimum absolute atomic E-state index is 0.119. The Labute approximate surface area is 84.4 Å². The minimum Gasteiger partial charge on any atom is -0.382 e. The summed E-state index contributed by atoms with van der Waals surface area (Å²) in [5, 5.41) is 28.6. The fraction of sp³-hybridized carbons (Fsp3) is 0.375. The quantitative estimate of drug-likeness (QED) is 0.559. The van der Waals surface area contributed by atoms with Crippen molar-refractivity contribution < 1.29 is 19.6 Å². The summed E-state index contributed by atoms with van der Waals surface area (Å²) in [6.07, 6.45) is -0.867. The van der Waals surface area contributed by atoms with E-state index in [0.29, 0.717) is 0 Å². The van der Waals surface area contributed by atoms with Crippen LogP contribution >= 0.6 is 0 Å². The molecule has 0 aromatic carbocycles. The first-order valence-corrected chi connectivity index (χ1v) is 4.27. The van der Waals surface area contributed by atoms with Crippen LogP contribution in [0.15, 0.2) is 16.4 Å². The van der Waals surface area contributed by atoms with E-state index >= 15 is 0 Å². The first-order valence-electron chi connectivity index (χ1n) is 4.27. The number of aliphatic hydroxyl groups is 2. The zero-order valence-electron chi connectivity index (χ0n) is 7.84. The maximum atomic E-state index is 10.8. The van der Waals surface area contributed by atoms with Crippen LogP contribution in [-0.2, 0) is 4.79 Å². The van der Waals surface area contributed by atoms with Gasteiger partial charge in [0.2, 0.25) is 5.91 Å². The molecular formula is C8H9N3O4. The van der Waals surface area contributed by atoms with Crippen molar-refractivity contribution in [2.45, 2.75) is 19.1 Å². The van der Waals surface area contributed by atoms with Crippen LogP contribution < -0.4 is 5.32 Å². The van der Waals surface area contributed by atoms with Crippen LogP contribution in [0.4, 0.5) is 0 Å². The fourth-order valence-corrected chi connectivity index (χ4v) is 1.40. The van der Waals surface area contributed by atoms with Gasteiger partial charge in [-0.05, 0) is 6.08 Å². The molecule has 2 atom stereocenters. The molecule has 7 nitrogen and oxygen atoms in total. The topological polar surface area (TPSA) is 108 Å². The molecule has 1 aliphatic carbocycles. The molecule has 0 unspecified atom stereocenters. The number of aromatic nitrogens is 2. The number of hydrogen-bond acceptors (Lipinski definition) is 6. The molecule has 7 heteroatoms. The van der Waals surface area contributed by atoms with Gasteiger partial charge in [-0.2, -0.15) is 0 Å². The molecule has 0 radical (unpaired) electrons. The summed E-state index contributed by atoms with van der Waals surface area (Å²) in [5.41, 5.74) is 0.462. The van der Waals surface area contributed by atoms with Gasteiger partial charge in [-0.3, -0.25) is 4.79 Å². The van der Waals surface area contributed by atoms with Crippen molar-refractivity contribution in [1.82, 2.24) is 15.6 Å². The monoisotopic (exact) mass is 211 g/mol. The molecule has 3 N–H and O–H groups in total. The molecule has 2 rings (SSSR count). The molecule has 0 bridgehead atoms. The Kier molecular flexibility index (Phi) is 2.25. The second kappa shape index (κ2) is 3.44. The van der Waals surface area contributed by atoms with Crippen molar-refractivity contribution in [2.75, 3.05) is 0 Å². The molecule has 0 fully saturated rings. The van der Waals surface area contributed by atoms with Crippen LogP contribution in [0.25, 0.3) is 0 Å². The van der Waals surface area contributed by atoms with Crippen molar-refractivity contribution in [3.05, 3.63) is 23.2 Å². The number of carbonyl (C=O) groups excluding carboxylic acids is 1. The largest absolute Gasteiger partial charge is 0.382 e. The second-order valence-corrected chi connectivity index (χ2v) is 3.19. The maximum absolute atomic E-state index is 10.8. The van der Waals surface area contributed by atoms with E-state index in [-0.39, 0.29) is 23.0 Å². The van der Waals surface area contributed by atoms with E-state index in [2.05, 4.69) is 20.3 Å². The van der Waals surface area contributed by atoms with Gasteiger partial charge in [0.15, 0.2) is 0 Å². The number of carbonyl (C=O) groups is 1. The van der Waals surface area contributed by atoms with E-state index in [1.165, 1.54) is 13.0 Å². The Bertz CT molecular complexity index is 425. The van der Waals surface area contributed by atoms with Gasteiger partial charge in [0, 0.05) is 6.92 Å². The predicted octanol–water partition coefficient (Wildman–Crippen LogP) is -0.830. The summed E-state index contributed by atoms with van der Waals surface area (Å²) < 4.78 is 4.40. The minimum atomic E-state index is -1.13. The molecule has 1 amide bonds. The average Bonchev–Trinajstić information content (AvgIpc) is 2.61. The normalized spacial score (nSPS) is 24.3. The molecule has 1 aromatic rings. The molecule has 1 aromatic heterocycles. The molecule has 0 saturated carbocycles. The van der Waals surface area contributed by atoms with Crippen molar-refractivity contribution in [2.24, 2.45) is 0 Å². The Morgan fingerprint density at radius 2 is 2.13 bits per heavy atom. The molecule has 1 aliphatic rings. The molecular weight excluding hydrogens is 202 g/mol. The van der Waals surface area contributed by atoms with E-state index in [0.717, 1.165) is 0 Å². The maximum Gasteiger partial charge on any atom is 0.221 e. The van der Waals surface area contributed by atoms with Crippen LogP contribution in [0.5, 0.6) is 0 Å². The van der Waals surface area contributed by atoms with Crippen LogP contribution in [0.1, 0.15) is 30.5 Å². The number of amides is 1. The van der Waals surface area contributed by atoms with E-state index in [1.54, 1.807) is 0 Å². The average molecular weight is 211 g/mol. The summed E-state index contributed by atoms with van der Waals surface area (Å²) in [4.78, 5) is 10.8. The third kappa shape index (κ3) is 1.62. The van der Waals surface area contributed by atoms with Gasteiger partial charge in [-0.1, -0.05) is 10.3 Å². The first-order chi connectivity index (χ1) is 7.09. The summed E-state index contributed by atoms with van der Waals surface area (Å²) >= 11 is 0. The highest BCUT2D eigenvalue weighted by atomic mass is 16.6.